The van der Waals surface area contributed by atoms with E-state index in [0.29, 0.717) is 13.0 Å². The number of carbonyl (C=O) groups is 2. The van der Waals surface area contributed by atoms with Crippen LogP contribution < -0.4 is 15.4 Å². The van der Waals surface area contributed by atoms with E-state index in [1.165, 1.54) is 7.11 Å². The zero-order chi connectivity index (χ0) is 16.4. The Balaban J connectivity index is 2.64. The van der Waals surface area contributed by atoms with Crippen LogP contribution in [-0.4, -0.2) is 45.7 Å². The summed E-state index contributed by atoms with van der Waals surface area (Å²) in [5, 5.41) is 5.48. The van der Waals surface area contributed by atoms with Gasteiger partial charge in [-0.25, -0.2) is 0 Å². The van der Waals surface area contributed by atoms with E-state index >= 15 is 0 Å². The van der Waals surface area contributed by atoms with Gasteiger partial charge in [0.25, 0.3) is 0 Å². The van der Waals surface area contributed by atoms with E-state index in [2.05, 4.69) is 10.6 Å². The van der Waals surface area contributed by atoms with Crippen LogP contribution in [0.15, 0.2) is 24.3 Å². The Hall–Kier alpha value is -2.08. The molecule has 122 valence electrons. The van der Waals surface area contributed by atoms with Gasteiger partial charge in [-0.2, -0.15) is 0 Å². The van der Waals surface area contributed by atoms with E-state index in [9.17, 15) is 9.59 Å². The van der Waals surface area contributed by atoms with Crippen molar-refractivity contribution in [1.82, 2.24) is 10.6 Å². The molecule has 0 saturated carbocycles. The molecule has 0 radical (unpaired) electrons. The number of hydrogen-bond acceptors (Lipinski definition) is 5. The largest absolute Gasteiger partial charge is 0.494 e. The van der Waals surface area contributed by atoms with Gasteiger partial charge in [0.1, 0.15) is 5.75 Å². The van der Waals surface area contributed by atoms with Crippen molar-refractivity contribution in [2.75, 3.05) is 33.9 Å². The van der Waals surface area contributed by atoms with Gasteiger partial charge in [-0.15, -0.1) is 0 Å². The minimum atomic E-state index is -0.413. The molecule has 0 fully saturated rings. The minimum absolute atomic E-state index is 0.150. The summed E-state index contributed by atoms with van der Waals surface area (Å²) in [6.45, 7) is 3.01. The SMILES string of the molecule is CCOc1ccc(CC(CNC(=O)CNC)C(=O)OC)cc1. The summed E-state index contributed by atoms with van der Waals surface area (Å²) in [4.78, 5) is 23.3. The molecule has 0 spiro atoms. The number of nitrogens with one attached hydrogen (secondary N) is 2. The van der Waals surface area contributed by atoms with E-state index in [4.69, 9.17) is 9.47 Å². The van der Waals surface area contributed by atoms with Gasteiger partial charge < -0.3 is 20.1 Å². The van der Waals surface area contributed by atoms with Crippen LogP contribution in [0.2, 0.25) is 0 Å². The number of benzene rings is 1. The van der Waals surface area contributed by atoms with E-state index in [-0.39, 0.29) is 25.0 Å². The van der Waals surface area contributed by atoms with Gasteiger partial charge in [0.2, 0.25) is 5.91 Å². The summed E-state index contributed by atoms with van der Waals surface area (Å²) < 4.78 is 10.2. The van der Waals surface area contributed by atoms with E-state index in [1.807, 2.05) is 31.2 Å². The number of amides is 1. The third-order valence-electron chi connectivity index (χ3n) is 3.13. The van der Waals surface area contributed by atoms with Crippen molar-refractivity contribution in [1.29, 1.82) is 0 Å². The lowest BCUT2D eigenvalue weighted by molar-refractivity contribution is -0.145. The van der Waals surface area contributed by atoms with Crippen molar-refractivity contribution < 1.29 is 19.1 Å². The highest BCUT2D eigenvalue weighted by Gasteiger charge is 2.20. The van der Waals surface area contributed by atoms with Crippen molar-refractivity contribution in [3.05, 3.63) is 29.8 Å². The molecule has 1 aromatic rings. The fourth-order valence-corrected chi connectivity index (χ4v) is 2.04. The highest BCUT2D eigenvalue weighted by Crippen LogP contribution is 2.15. The first-order valence-electron chi connectivity index (χ1n) is 7.31. The second-order valence-corrected chi connectivity index (χ2v) is 4.84. The van der Waals surface area contributed by atoms with Gasteiger partial charge in [-0.05, 0) is 38.1 Å². The summed E-state index contributed by atoms with van der Waals surface area (Å²) >= 11 is 0. The first-order chi connectivity index (χ1) is 10.6. The zero-order valence-electron chi connectivity index (χ0n) is 13.3. The van der Waals surface area contributed by atoms with Gasteiger partial charge in [0.05, 0.1) is 26.2 Å². The maximum atomic E-state index is 11.8. The molecule has 0 saturated heterocycles. The Morgan fingerprint density at radius 2 is 1.91 bits per heavy atom. The van der Waals surface area contributed by atoms with Gasteiger partial charge in [0.15, 0.2) is 0 Å². The number of esters is 1. The van der Waals surface area contributed by atoms with Crippen LogP contribution in [0, 0.1) is 5.92 Å². The van der Waals surface area contributed by atoms with Crippen LogP contribution >= 0.6 is 0 Å². The van der Waals surface area contributed by atoms with Crippen LogP contribution in [0.25, 0.3) is 0 Å². The summed E-state index contributed by atoms with van der Waals surface area (Å²) in [6.07, 6.45) is 0.499. The van der Waals surface area contributed by atoms with E-state index in [0.717, 1.165) is 11.3 Å². The maximum Gasteiger partial charge on any atom is 0.310 e. The second kappa shape index (κ2) is 9.78. The van der Waals surface area contributed by atoms with Gasteiger partial charge in [-0.3, -0.25) is 9.59 Å². The van der Waals surface area contributed by atoms with Crippen molar-refractivity contribution in [2.45, 2.75) is 13.3 Å². The predicted octanol–water partition coefficient (Wildman–Crippen LogP) is 0.753. The number of rotatable bonds is 9. The molecule has 1 unspecified atom stereocenters. The third-order valence-corrected chi connectivity index (χ3v) is 3.13. The normalized spacial score (nSPS) is 11.6. The Kier molecular flexibility index (Phi) is 7.99. The standard InChI is InChI=1S/C16H24N2O4/c1-4-22-14-7-5-12(6-8-14)9-13(16(20)21-3)10-18-15(19)11-17-2/h5-8,13,17H,4,9-11H2,1-3H3,(H,18,19). The molecule has 0 heterocycles. The molecule has 1 aromatic carbocycles. The molecule has 0 aromatic heterocycles. The average Bonchev–Trinajstić information content (AvgIpc) is 2.53. The number of likely N-dealkylation sites (N-methyl/N-ethyl adjacent to an activating group) is 1. The lowest BCUT2D eigenvalue weighted by Gasteiger charge is -2.16. The molecular formula is C16H24N2O4. The minimum Gasteiger partial charge on any atom is -0.494 e. The lowest BCUT2D eigenvalue weighted by atomic mass is 9.99. The molecule has 0 bridgehead atoms. The van der Waals surface area contributed by atoms with Gasteiger partial charge >= 0.3 is 5.97 Å². The topological polar surface area (TPSA) is 76.7 Å². The first kappa shape index (κ1) is 18.0. The molecule has 0 aliphatic carbocycles. The molecular weight excluding hydrogens is 284 g/mol. The monoisotopic (exact) mass is 308 g/mol. The summed E-state index contributed by atoms with van der Waals surface area (Å²) in [5.41, 5.74) is 0.988. The zero-order valence-corrected chi connectivity index (χ0v) is 13.3. The fraction of sp³-hybridized carbons (Fsp3) is 0.500. The number of methoxy groups -OCH3 is 1. The Labute approximate surface area is 131 Å². The molecule has 1 atom stereocenters. The summed E-state index contributed by atoms with van der Waals surface area (Å²) in [5.74, 6) is -0.103. The maximum absolute atomic E-state index is 11.8. The third kappa shape index (κ3) is 6.13. The lowest BCUT2D eigenvalue weighted by Crippen LogP contribution is -2.38. The quantitative estimate of drug-likeness (QED) is 0.659. The molecule has 0 aliphatic heterocycles. The van der Waals surface area contributed by atoms with Gasteiger partial charge in [0, 0.05) is 6.54 Å². The van der Waals surface area contributed by atoms with Crippen molar-refractivity contribution >= 4 is 11.9 Å². The molecule has 6 nitrogen and oxygen atoms in total. The van der Waals surface area contributed by atoms with Crippen LogP contribution in [0.1, 0.15) is 12.5 Å². The van der Waals surface area contributed by atoms with Crippen molar-refractivity contribution in [2.24, 2.45) is 5.92 Å². The van der Waals surface area contributed by atoms with Crippen LogP contribution in [0.4, 0.5) is 0 Å². The molecule has 1 amide bonds. The second-order valence-electron chi connectivity index (χ2n) is 4.84. The first-order valence-corrected chi connectivity index (χ1v) is 7.31. The van der Waals surface area contributed by atoms with Crippen molar-refractivity contribution in [3.8, 4) is 5.75 Å². The molecule has 22 heavy (non-hydrogen) atoms. The molecule has 2 N–H and O–H groups in total. The molecule has 1 rings (SSSR count). The summed E-state index contributed by atoms with van der Waals surface area (Å²) in [7, 11) is 3.04. The Morgan fingerprint density at radius 3 is 2.45 bits per heavy atom. The average molecular weight is 308 g/mol. The Bertz CT molecular complexity index is 474. The Morgan fingerprint density at radius 1 is 1.23 bits per heavy atom. The summed E-state index contributed by atoms with van der Waals surface area (Å²) in [6, 6.07) is 7.56. The van der Waals surface area contributed by atoms with E-state index in [1.54, 1.807) is 7.05 Å². The highest BCUT2D eigenvalue weighted by molar-refractivity contribution is 5.79. The fourth-order valence-electron chi connectivity index (χ4n) is 2.04. The predicted molar refractivity (Wildman–Crippen MR) is 83.8 cm³/mol. The highest BCUT2D eigenvalue weighted by atomic mass is 16.5. The van der Waals surface area contributed by atoms with Gasteiger partial charge in [-0.1, -0.05) is 12.1 Å². The van der Waals surface area contributed by atoms with Crippen LogP contribution in [-0.2, 0) is 20.7 Å². The van der Waals surface area contributed by atoms with Crippen LogP contribution in [0.3, 0.4) is 0 Å². The number of hydrogen-bond donors (Lipinski definition) is 2. The van der Waals surface area contributed by atoms with Crippen LogP contribution in [0.5, 0.6) is 5.75 Å². The van der Waals surface area contributed by atoms with E-state index < -0.39 is 5.92 Å². The van der Waals surface area contributed by atoms with Crippen molar-refractivity contribution in [3.63, 3.8) is 0 Å². The number of carbonyl (C=O) groups excluding carboxylic acids is 2. The molecule has 0 aliphatic rings. The smallest absolute Gasteiger partial charge is 0.310 e. The number of ether oxygens (including phenoxy) is 2. The molecule has 6 heteroatoms.